The van der Waals surface area contributed by atoms with Crippen molar-refractivity contribution in [3.8, 4) is 0 Å². The number of benzene rings is 1. The molecule has 0 bridgehead atoms. The summed E-state index contributed by atoms with van der Waals surface area (Å²) >= 11 is 0. The Kier molecular flexibility index (Phi) is 3.91. The van der Waals surface area contributed by atoms with Crippen LogP contribution >= 0.6 is 0 Å². The summed E-state index contributed by atoms with van der Waals surface area (Å²) in [5.74, 6) is -1.53. The van der Waals surface area contributed by atoms with E-state index < -0.39 is 11.6 Å². The molecular formula is C13H16F2N2O. The minimum atomic E-state index is -0.632. The van der Waals surface area contributed by atoms with Crippen LogP contribution in [-0.4, -0.2) is 12.5 Å². The van der Waals surface area contributed by atoms with Gasteiger partial charge in [0.05, 0.1) is 5.69 Å². The number of rotatable bonds is 3. The van der Waals surface area contributed by atoms with E-state index in [1.54, 1.807) is 0 Å². The van der Waals surface area contributed by atoms with Crippen LogP contribution in [0.1, 0.15) is 19.3 Å². The maximum Gasteiger partial charge on any atom is 0.227 e. The Hall–Kier alpha value is -1.49. The van der Waals surface area contributed by atoms with E-state index in [2.05, 4.69) is 5.32 Å². The SMILES string of the molecule is NCC1CCCC1C(=O)Nc1cc(F)ccc1F. The van der Waals surface area contributed by atoms with Gasteiger partial charge in [0.15, 0.2) is 0 Å². The van der Waals surface area contributed by atoms with Gasteiger partial charge in [0.2, 0.25) is 5.91 Å². The van der Waals surface area contributed by atoms with Crippen LogP contribution in [0.5, 0.6) is 0 Å². The summed E-state index contributed by atoms with van der Waals surface area (Å²) in [5.41, 5.74) is 5.49. The molecule has 0 heterocycles. The lowest BCUT2D eigenvalue weighted by Gasteiger charge is -2.17. The molecule has 1 aliphatic rings. The second-order valence-corrected chi connectivity index (χ2v) is 4.65. The second kappa shape index (κ2) is 5.44. The first-order valence-corrected chi connectivity index (χ1v) is 6.08. The maximum atomic E-state index is 13.4. The molecule has 1 aliphatic carbocycles. The Balaban J connectivity index is 2.09. The number of carbonyl (C=O) groups excluding carboxylic acids is 1. The third-order valence-corrected chi connectivity index (χ3v) is 3.48. The van der Waals surface area contributed by atoms with Crippen LogP contribution in [-0.2, 0) is 4.79 Å². The first-order valence-electron chi connectivity index (χ1n) is 6.08. The Morgan fingerprint density at radius 1 is 1.39 bits per heavy atom. The van der Waals surface area contributed by atoms with E-state index in [1.807, 2.05) is 0 Å². The van der Waals surface area contributed by atoms with E-state index in [9.17, 15) is 13.6 Å². The molecule has 0 spiro atoms. The van der Waals surface area contributed by atoms with Crippen LogP contribution < -0.4 is 11.1 Å². The monoisotopic (exact) mass is 254 g/mol. The maximum absolute atomic E-state index is 13.4. The fourth-order valence-corrected chi connectivity index (χ4v) is 2.48. The average Bonchev–Trinajstić information content (AvgIpc) is 2.82. The zero-order valence-electron chi connectivity index (χ0n) is 9.96. The van der Waals surface area contributed by atoms with E-state index in [0.717, 1.165) is 37.5 Å². The topological polar surface area (TPSA) is 55.1 Å². The molecule has 5 heteroatoms. The molecule has 0 saturated heterocycles. The molecule has 2 unspecified atom stereocenters. The molecule has 98 valence electrons. The number of hydrogen-bond acceptors (Lipinski definition) is 2. The molecule has 1 aromatic carbocycles. The van der Waals surface area contributed by atoms with Crippen LogP contribution in [0, 0.1) is 23.5 Å². The molecule has 0 aliphatic heterocycles. The predicted molar refractivity (Wildman–Crippen MR) is 64.9 cm³/mol. The molecular weight excluding hydrogens is 238 g/mol. The lowest BCUT2D eigenvalue weighted by Crippen LogP contribution is -2.30. The Morgan fingerprint density at radius 3 is 2.89 bits per heavy atom. The molecule has 18 heavy (non-hydrogen) atoms. The normalized spacial score (nSPS) is 23.1. The summed E-state index contributed by atoms with van der Waals surface area (Å²) in [4.78, 5) is 12.0. The van der Waals surface area contributed by atoms with Crippen molar-refractivity contribution in [2.75, 3.05) is 11.9 Å². The first kappa shape index (κ1) is 13.0. The second-order valence-electron chi connectivity index (χ2n) is 4.65. The van der Waals surface area contributed by atoms with Gasteiger partial charge in [-0.15, -0.1) is 0 Å². The van der Waals surface area contributed by atoms with Gasteiger partial charge < -0.3 is 11.1 Å². The van der Waals surface area contributed by atoms with E-state index in [4.69, 9.17) is 5.73 Å². The average molecular weight is 254 g/mol. The molecule has 1 aromatic rings. The Morgan fingerprint density at radius 2 is 2.17 bits per heavy atom. The summed E-state index contributed by atoms with van der Waals surface area (Å²) in [7, 11) is 0. The molecule has 1 amide bonds. The van der Waals surface area contributed by atoms with Gasteiger partial charge in [-0.05, 0) is 37.4 Å². The van der Waals surface area contributed by atoms with E-state index >= 15 is 0 Å². The molecule has 0 aromatic heterocycles. The van der Waals surface area contributed by atoms with E-state index in [0.29, 0.717) is 6.54 Å². The lowest BCUT2D eigenvalue weighted by atomic mass is 9.95. The van der Waals surface area contributed by atoms with Gasteiger partial charge in [-0.2, -0.15) is 0 Å². The highest BCUT2D eigenvalue weighted by Gasteiger charge is 2.32. The van der Waals surface area contributed by atoms with Crippen molar-refractivity contribution in [1.29, 1.82) is 0 Å². The van der Waals surface area contributed by atoms with Crippen LogP contribution in [0.3, 0.4) is 0 Å². The summed E-state index contributed by atoms with van der Waals surface area (Å²) < 4.78 is 26.4. The van der Waals surface area contributed by atoms with Gasteiger partial charge >= 0.3 is 0 Å². The molecule has 2 atom stereocenters. The third-order valence-electron chi connectivity index (χ3n) is 3.48. The number of hydrogen-bond donors (Lipinski definition) is 2. The van der Waals surface area contributed by atoms with Crippen LogP contribution in [0.2, 0.25) is 0 Å². The van der Waals surface area contributed by atoms with Gasteiger partial charge in [0, 0.05) is 12.0 Å². The lowest BCUT2D eigenvalue weighted by molar-refractivity contribution is -0.120. The van der Waals surface area contributed by atoms with Crippen molar-refractivity contribution in [3.63, 3.8) is 0 Å². The number of anilines is 1. The standard InChI is InChI=1S/C13H16F2N2O/c14-9-4-5-11(15)12(6-9)17-13(18)10-3-1-2-8(10)7-16/h4-6,8,10H,1-3,7,16H2,(H,17,18). The molecule has 3 N–H and O–H groups in total. The minimum absolute atomic E-state index is 0.109. The fourth-order valence-electron chi connectivity index (χ4n) is 2.48. The van der Waals surface area contributed by atoms with Crippen molar-refractivity contribution < 1.29 is 13.6 Å². The minimum Gasteiger partial charge on any atom is -0.330 e. The van der Waals surface area contributed by atoms with Crippen molar-refractivity contribution in [2.24, 2.45) is 17.6 Å². The highest BCUT2D eigenvalue weighted by atomic mass is 19.1. The smallest absolute Gasteiger partial charge is 0.227 e. The summed E-state index contributed by atoms with van der Waals surface area (Å²) in [6.07, 6.45) is 2.62. The quantitative estimate of drug-likeness (QED) is 0.869. The fraction of sp³-hybridized carbons (Fsp3) is 0.462. The zero-order chi connectivity index (χ0) is 13.1. The van der Waals surface area contributed by atoms with Gasteiger partial charge in [0.1, 0.15) is 11.6 Å². The van der Waals surface area contributed by atoms with Crippen molar-refractivity contribution in [3.05, 3.63) is 29.8 Å². The van der Waals surface area contributed by atoms with Crippen LogP contribution in [0.25, 0.3) is 0 Å². The molecule has 2 rings (SSSR count). The summed E-state index contributed by atoms with van der Waals surface area (Å²) in [6.45, 7) is 0.448. The highest BCUT2D eigenvalue weighted by Crippen LogP contribution is 2.32. The highest BCUT2D eigenvalue weighted by molar-refractivity contribution is 5.93. The molecule has 0 radical (unpaired) electrons. The van der Waals surface area contributed by atoms with Gasteiger partial charge in [-0.1, -0.05) is 6.42 Å². The number of carbonyl (C=O) groups is 1. The molecule has 3 nitrogen and oxygen atoms in total. The summed E-state index contributed by atoms with van der Waals surface area (Å²) in [6, 6.07) is 3.00. The van der Waals surface area contributed by atoms with Crippen LogP contribution in [0.4, 0.5) is 14.5 Å². The largest absolute Gasteiger partial charge is 0.330 e. The molecule has 1 fully saturated rings. The first-order chi connectivity index (χ1) is 8.61. The zero-order valence-corrected chi connectivity index (χ0v) is 9.96. The van der Waals surface area contributed by atoms with Gasteiger partial charge in [-0.25, -0.2) is 8.78 Å². The Labute approximate surface area is 104 Å². The number of nitrogens with two attached hydrogens (primary N) is 1. The van der Waals surface area contributed by atoms with Crippen molar-refractivity contribution >= 4 is 11.6 Å². The van der Waals surface area contributed by atoms with Gasteiger partial charge in [-0.3, -0.25) is 4.79 Å². The predicted octanol–water partition coefficient (Wildman–Crippen LogP) is 2.28. The molecule has 1 saturated carbocycles. The Bertz CT molecular complexity index is 451. The van der Waals surface area contributed by atoms with E-state index in [-0.39, 0.29) is 23.4 Å². The van der Waals surface area contributed by atoms with E-state index in [1.165, 1.54) is 0 Å². The van der Waals surface area contributed by atoms with Crippen molar-refractivity contribution in [2.45, 2.75) is 19.3 Å². The van der Waals surface area contributed by atoms with Crippen LogP contribution in [0.15, 0.2) is 18.2 Å². The van der Waals surface area contributed by atoms with Crippen molar-refractivity contribution in [1.82, 2.24) is 0 Å². The number of nitrogens with one attached hydrogen (secondary N) is 1. The summed E-state index contributed by atoms with van der Waals surface area (Å²) in [5, 5.41) is 2.45. The van der Waals surface area contributed by atoms with Gasteiger partial charge in [0.25, 0.3) is 0 Å². The third kappa shape index (κ3) is 2.67. The number of halogens is 2. The number of amides is 1.